The lowest BCUT2D eigenvalue weighted by atomic mass is 9.96. The Labute approximate surface area is 262 Å². The van der Waals surface area contributed by atoms with Gasteiger partial charge in [-0.25, -0.2) is 0 Å². The van der Waals surface area contributed by atoms with Gasteiger partial charge < -0.3 is 37.0 Å². The standard InChI is InChI=1S/C32H42N6O7/c1-4-19(2)27-32(45)37-24(16-22-13-9-6-10-14-22)30(43)36-23(15-21-11-7-5-8-12-21)29(42)34-20(3)28(41)33-17-26(40)35-25(18-39)31(44)38-27/h5-14,19-20,23-25,27,39H,4,15-18H2,1-3H3,(H,33,41)(H,34,42)(H,35,40)(H,36,43)(H,37,45)(H,38,44)/t19-,20-,23-,24-,25-,27-/m0/s1. The molecule has 0 unspecified atom stereocenters. The van der Waals surface area contributed by atoms with E-state index in [0.29, 0.717) is 6.42 Å². The van der Waals surface area contributed by atoms with Crippen molar-refractivity contribution in [1.29, 1.82) is 0 Å². The highest BCUT2D eigenvalue weighted by molar-refractivity contribution is 5.97. The Morgan fingerprint density at radius 3 is 1.67 bits per heavy atom. The van der Waals surface area contributed by atoms with E-state index < -0.39 is 84.7 Å². The van der Waals surface area contributed by atoms with Crippen LogP contribution < -0.4 is 31.9 Å². The molecule has 1 fully saturated rings. The van der Waals surface area contributed by atoms with Crippen molar-refractivity contribution in [3.8, 4) is 0 Å². The maximum Gasteiger partial charge on any atom is 0.245 e. The summed E-state index contributed by atoms with van der Waals surface area (Å²) in [5.41, 5.74) is 1.48. The fourth-order valence-electron chi connectivity index (χ4n) is 4.75. The number of carbonyl (C=O) groups is 6. The lowest BCUT2D eigenvalue weighted by molar-refractivity contribution is -0.136. The number of hydrogen-bond acceptors (Lipinski definition) is 7. The van der Waals surface area contributed by atoms with Gasteiger partial charge in [-0.2, -0.15) is 0 Å². The van der Waals surface area contributed by atoms with E-state index in [4.69, 9.17) is 0 Å². The fourth-order valence-corrected chi connectivity index (χ4v) is 4.75. The Morgan fingerprint density at radius 2 is 1.16 bits per heavy atom. The first-order valence-corrected chi connectivity index (χ1v) is 15.0. The molecular formula is C32H42N6O7. The van der Waals surface area contributed by atoms with Gasteiger partial charge in [-0.15, -0.1) is 0 Å². The Kier molecular flexibility index (Phi) is 13.0. The Hall–Kier alpha value is -4.78. The summed E-state index contributed by atoms with van der Waals surface area (Å²) in [4.78, 5) is 79.3. The second kappa shape index (κ2) is 16.9. The average Bonchev–Trinajstić information content (AvgIpc) is 3.04. The third kappa shape index (κ3) is 10.4. The molecule has 0 spiro atoms. The highest BCUT2D eigenvalue weighted by Gasteiger charge is 2.34. The van der Waals surface area contributed by atoms with Crippen LogP contribution in [0.1, 0.15) is 38.3 Å². The zero-order valence-electron chi connectivity index (χ0n) is 25.7. The van der Waals surface area contributed by atoms with Crippen molar-refractivity contribution in [2.75, 3.05) is 13.2 Å². The van der Waals surface area contributed by atoms with Crippen LogP contribution in [0.25, 0.3) is 0 Å². The third-order valence-electron chi connectivity index (χ3n) is 7.63. The van der Waals surface area contributed by atoms with E-state index in [2.05, 4.69) is 31.9 Å². The summed E-state index contributed by atoms with van der Waals surface area (Å²) in [6.07, 6.45) is 0.649. The van der Waals surface area contributed by atoms with Crippen LogP contribution in [-0.2, 0) is 41.6 Å². The Balaban J connectivity index is 2.01. The first-order chi connectivity index (χ1) is 21.5. The fraction of sp³-hybridized carbons (Fsp3) is 0.438. The number of aliphatic hydroxyl groups excluding tert-OH is 1. The molecule has 6 atom stereocenters. The van der Waals surface area contributed by atoms with Crippen LogP contribution in [0.15, 0.2) is 60.7 Å². The minimum Gasteiger partial charge on any atom is -0.394 e. The van der Waals surface area contributed by atoms with E-state index in [9.17, 15) is 33.9 Å². The van der Waals surface area contributed by atoms with Gasteiger partial charge in [0.15, 0.2) is 0 Å². The predicted molar refractivity (Wildman–Crippen MR) is 165 cm³/mol. The highest BCUT2D eigenvalue weighted by atomic mass is 16.3. The Bertz CT molecular complexity index is 1340. The topological polar surface area (TPSA) is 195 Å². The maximum absolute atomic E-state index is 13.8. The van der Waals surface area contributed by atoms with Crippen molar-refractivity contribution in [2.45, 2.75) is 70.2 Å². The molecule has 2 aromatic carbocycles. The molecule has 13 nitrogen and oxygen atoms in total. The zero-order valence-corrected chi connectivity index (χ0v) is 25.7. The van der Waals surface area contributed by atoms with Gasteiger partial charge in [0.1, 0.15) is 30.2 Å². The van der Waals surface area contributed by atoms with Crippen LogP contribution in [0, 0.1) is 5.92 Å². The van der Waals surface area contributed by atoms with Crippen LogP contribution in [0.4, 0.5) is 0 Å². The van der Waals surface area contributed by atoms with Crippen LogP contribution >= 0.6 is 0 Å². The van der Waals surface area contributed by atoms with Gasteiger partial charge in [0.2, 0.25) is 35.4 Å². The van der Waals surface area contributed by atoms with Gasteiger partial charge in [-0.1, -0.05) is 80.9 Å². The predicted octanol–water partition coefficient (Wildman–Crippen LogP) is -0.916. The molecule has 0 aliphatic carbocycles. The van der Waals surface area contributed by atoms with Crippen molar-refractivity contribution in [3.05, 3.63) is 71.8 Å². The van der Waals surface area contributed by atoms with E-state index in [0.717, 1.165) is 11.1 Å². The van der Waals surface area contributed by atoms with Crippen molar-refractivity contribution in [1.82, 2.24) is 31.9 Å². The first kappa shape index (κ1) is 34.7. The second-order valence-corrected chi connectivity index (χ2v) is 11.1. The third-order valence-corrected chi connectivity index (χ3v) is 7.63. The van der Waals surface area contributed by atoms with Crippen molar-refractivity contribution < 1.29 is 33.9 Å². The van der Waals surface area contributed by atoms with Crippen molar-refractivity contribution in [2.24, 2.45) is 5.92 Å². The second-order valence-electron chi connectivity index (χ2n) is 11.1. The van der Waals surface area contributed by atoms with Gasteiger partial charge in [0.05, 0.1) is 13.2 Å². The van der Waals surface area contributed by atoms with E-state index in [-0.39, 0.29) is 12.8 Å². The van der Waals surface area contributed by atoms with Gasteiger partial charge in [0.25, 0.3) is 0 Å². The normalized spacial score (nSPS) is 24.8. The zero-order chi connectivity index (χ0) is 32.9. The van der Waals surface area contributed by atoms with Gasteiger partial charge >= 0.3 is 0 Å². The number of rotatable bonds is 7. The summed E-state index contributed by atoms with van der Waals surface area (Å²) in [6.45, 7) is 3.68. The van der Waals surface area contributed by atoms with Gasteiger partial charge in [-0.3, -0.25) is 28.8 Å². The van der Waals surface area contributed by atoms with Crippen molar-refractivity contribution >= 4 is 35.4 Å². The molecular weight excluding hydrogens is 580 g/mol. The molecule has 7 N–H and O–H groups in total. The smallest absolute Gasteiger partial charge is 0.245 e. The summed E-state index contributed by atoms with van der Waals surface area (Å²) in [5, 5.41) is 25.2. The lowest BCUT2D eigenvalue weighted by Gasteiger charge is -2.29. The number of carbonyl (C=O) groups excluding carboxylic acids is 6. The molecule has 1 aliphatic heterocycles. The largest absolute Gasteiger partial charge is 0.394 e. The minimum absolute atomic E-state index is 0.0768. The number of amides is 6. The van der Waals surface area contributed by atoms with Gasteiger partial charge in [-0.05, 0) is 24.0 Å². The van der Waals surface area contributed by atoms with E-state index in [1.54, 1.807) is 55.5 Å². The minimum atomic E-state index is -1.41. The van der Waals surface area contributed by atoms with E-state index in [1.165, 1.54) is 6.92 Å². The van der Waals surface area contributed by atoms with Crippen LogP contribution in [0.3, 0.4) is 0 Å². The molecule has 0 radical (unpaired) electrons. The molecule has 3 rings (SSSR count). The van der Waals surface area contributed by atoms with Crippen LogP contribution in [0.5, 0.6) is 0 Å². The molecule has 1 heterocycles. The SMILES string of the molecule is CC[C@H](C)[C@@H]1NC(=O)[C@H](CO)NC(=O)CNC(=O)[C@H](C)NC(=O)[C@H](Cc2ccccc2)NC(=O)[C@H](Cc2ccccc2)NC1=O. The first-order valence-electron chi connectivity index (χ1n) is 15.0. The summed E-state index contributed by atoms with van der Waals surface area (Å²) < 4.78 is 0. The molecule has 1 saturated heterocycles. The highest BCUT2D eigenvalue weighted by Crippen LogP contribution is 2.12. The lowest BCUT2D eigenvalue weighted by Crippen LogP contribution is -2.61. The number of aliphatic hydroxyl groups is 1. The summed E-state index contributed by atoms with van der Waals surface area (Å²) >= 11 is 0. The quantitative estimate of drug-likeness (QED) is 0.207. The molecule has 2 aromatic rings. The molecule has 0 saturated carbocycles. The van der Waals surface area contributed by atoms with Crippen LogP contribution in [0.2, 0.25) is 0 Å². The molecule has 0 aromatic heterocycles. The summed E-state index contributed by atoms with van der Waals surface area (Å²) in [6, 6.07) is 12.1. The number of hydrogen-bond donors (Lipinski definition) is 7. The summed E-state index contributed by atoms with van der Waals surface area (Å²) in [7, 11) is 0. The molecule has 1 aliphatic rings. The average molecular weight is 623 g/mol. The maximum atomic E-state index is 13.8. The van der Waals surface area contributed by atoms with Crippen LogP contribution in [-0.4, -0.2) is 83.9 Å². The molecule has 242 valence electrons. The van der Waals surface area contributed by atoms with Crippen molar-refractivity contribution in [3.63, 3.8) is 0 Å². The van der Waals surface area contributed by atoms with E-state index >= 15 is 0 Å². The summed E-state index contributed by atoms with van der Waals surface area (Å²) in [5.74, 6) is -4.59. The molecule has 0 bridgehead atoms. The Morgan fingerprint density at radius 1 is 0.667 bits per heavy atom. The molecule has 6 amide bonds. The van der Waals surface area contributed by atoms with E-state index in [1.807, 2.05) is 19.1 Å². The monoisotopic (exact) mass is 622 g/mol. The molecule has 45 heavy (non-hydrogen) atoms. The number of nitrogens with one attached hydrogen (secondary N) is 6. The number of benzene rings is 2. The van der Waals surface area contributed by atoms with Gasteiger partial charge in [0, 0.05) is 12.8 Å². The molecule has 13 heteroatoms.